The quantitative estimate of drug-likeness (QED) is 0.204. The Kier molecular flexibility index (Phi) is 6.44. The van der Waals surface area contributed by atoms with Crippen LogP contribution in [0.3, 0.4) is 0 Å². The standard InChI is InChI=1S/C40H24N4O/c41-25-26-14-16-29(17-15-26)32-22-23-35-34(24-32)37-33(12-7-13-36(37)45-35)40-43-38(30-10-5-2-6-11-30)42-39(44-40)31-20-18-28(19-21-31)27-8-3-1-4-9-27/h1-24H. The average Bonchev–Trinajstić information content (AvgIpc) is 3.50. The van der Waals surface area contributed by atoms with Gasteiger partial charge in [-0.1, -0.05) is 115 Å². The zero-order valence-corrected chi connectivity index (χ0v) is 24.1. The van der Waals surface area contributed by atoms with Gasteiger partial charge in [-0.15, -0.1) is 0 Å². The molecule has 0 amide bonds. The molecule has 8 aromatic rings. The first kappa shape index (κ1) is 26.3. The molecule has 210 valence electrons. The molecule has 0 N–H and O–H groups in total. The number of nitriles is 1. The predicted molar refractivity (Wildman–Crippen MR) is 179 cm³/mol. The fourth-order valence-corrected chi connectivity index (χ4v) is 5.71. The van der Waals surface area contributed by atoms with E-state index < -0.39 is 0 Å². The third kappa shape index (κ3) is 4.91. The van der Waals surface area contributed by atoms with E-state index in [1.807, 2.05) is 103 Å². The zero-order chi connectivity index (χ0) is 30.2. The van der Waals surface area contributed by atoms with Crippen molar-refractivity contribution >= 4 is 21.9 Å². The van der Waals surface area contributed by atoms with Gasteiger partial charge in [-0.3, -0.25) is 0 Å². The maximum absolute atomic E-state index is 9.24. The van der Waals surface area contributed by atoms with Crippen LogP contribution in [0.2, 0.25) is 0 Å². The lowest BCUT2D eigenvalue weighted by atomic mass is 10.00. The molecule has 0 aliphatic carbocycles. The SMILES string of the molecule is N#Cc1ccc(-c2ccc3oc4cccc(-c5nc(-c6ccccc6)nc(-c6ccc(-c7ccccc7)cc6)n5)c4c3c2)cc1. The number of rotatable bonds is 5. The maximum atomic E-state index is 9.24. The van der Waals surface area contributed by atoms with E-state index in [2.05, 4.69) is 48.5 Å². The third-order valence-electron chi connectivity index (χ3n) is 8.00. The molecule has 0 radical (unpaired) electrons. The summed E-state index contributed by atoms with van der Waals surface area (Å²) >= 11 is 0. The van der Waals surface area contributed by atoms with E-state index in [0.29, 0.717) is 23.0 Å². The summed E-state index contributed by atoms with van der Waals surface area (Å²) in [6, 6.07) is 50.6. The molecule has 0 unspecified atom stereocenters. The first-order valence-electron chi connectivity index (χ1n) is 14.7. The first-order valence-corrected chi connectivity index (χ1v) is 14.7. The van der Waals surface area contributed by atoms with Crippen LogP contribution in [0.15, 0.2) is 150 Å². The highest BCUT2D eigenvalue weighted by Crippen LogP contribution is 2.38. The highest BCUT2D eigenvalue weighted by atomic mass is 16.3. The number of nitrogens with zero attached hydrogens (tertiary/aromatic N) is 4. The van der Waals surface area contributed by atoms with Crippen LogP contribution in [0, 0.1) is 11.3 Å². The van der Waals surface area contributed by atoms with E-state index in [9.17, 15) is 5.26 Å². The minimum atomic E-state index is 0.572. The van der Waals surface area contributed by atoms with Gasteiger partial charge in [0, 0.05) is 27.5 Å². The highest BCUT2D eigenvalue weighted by molar-refractivity contribution is 6.12. The maximum Gasteiger partial charge on any atom is 0.164 e. The molecular weight excluding hydrogens is 552 g/mol. The number of hydrogen-bond donors (Lipinski definition) is 0. The van der Waals surface area contributed by atoms with Crippen molar-refractivity contribution in [3.63, 3.8) is 0 Å². The number of aromatic nitrogens is 3. The van der Waals surface area contributed by atoms with Crippen LogP contribution in [0.5, 0.6) is 0 Å². The molecule has 0 atom stereocenters. The van der Waals surface area contributed by atoms with Crippen LogP contribution < -0.4 is 0 Å². The number of hydrogen-bond acceptors (Lipinski definition) is 5. The molecule has 0 saturated carbocycles. The van der Waals surface area contributed by atoms with Gasteiger partial charge >= 0.3 is 0 Å². The van der Waals surface area contributed by atoms with Gasteiger partial charge in [-0.25, -0.2) is 15.0 Å². The minimum Gasteiger partial charge on any atom is -0.456 e. The second-order valence-corrected chi connectivity index (χ2v) is 10.8. The second-order valence-electron chi connectivity index (χ2n) is 10.8. The van der Waals surface area contributed by atoms with Crippen LogP contribution in [-0.4, -0.2) is 15.0 Å². The molecule has 5 nitrogen and oxygen atoms in total. The Morgan fingerprint density at radius 3 is 1.67 bits per heavy atom. The molecule has 45 heavy (non-hydrogen) atoms. The van der Waals surface area contributed by atoms with Crippen molar-refractivity contribution < 1.29 is 4.42 Å². The summed E-state index contributed by atoms with van der Waals surface area (Å²) in [6.07, 6.45) is 0. The normalized spacial score (nSPS) is 11.1. The largest absolute Gasteiger partial charge is 0.456 e. The lowest BCUT2D eigenvalue weighted by Gasteiger charge is -2.10. The summed E-state index contributed by atoms with van der Waals surface area (Å²) in [5.41, 5.74) is 9.20. The van der Waals surface area contributed by atoms with Gasteiger partial charge in [0.25, 0.3) is 0 Å². The molecule has 0 fully saturated rings. The molecule has 0 aliphatic heterocycles. The predicted octanol–water partition coefficient (Wildman–Crippen LogP) is 9.98. The fraction of sp³-hybridized carbons (Fsp3) is 0. The number of fused-ring (bicyclic) bond motifs is 3. The Labute approximate surface area is 259 Å². The van der Waals surface area contributed by atoms with E-state index in [-0.39, 0.29) is 0 Å². The zero-order valence-electron chi connectivity index (χ0n) is 24.1. The van der Waals surface area contributed by atoms with E-state index in [1.54, 1.807) is 0 Å². The van der Waals surface area contributed by atoms with Crippen LogP contribution in [0.4, 0.5) is 0 Å². The minimum absolute atomic E-state index is 0.572. The van der Waals surface area contributed by atoms with Gasteiger partial charge < -0.3 is 4.42 Å². The summed E-state index contributed by atoms with van der Waals surface area (Å²) < 4.78 is 6.31. The Morgan fingerprint density at radius 2 is 0.978 bits per heavy atom. The monoisotopic (exact) mass is 576 g/mol. The van der Waals surface area contributed by atoms with Gasteiger partial charge in [0.1, 0.15) is 11.2 Å². The molecule has 2 aromatic heterocycles. The Hall–Kier alpha value is -6.38. The van der Waals surface area contributed by atoms with Crippen LogP contribution in [0.1, 0.15) is 5.56 Å². The van der Waals surface area contributed by atoms with Gasteiger partial charge in [-0.2, -0.15) is 5.26 Å². The second kappa shape index (κ2) is 11.0. The molecular formula is C40H24N4O. The van der Waals surface area contributed by atoms with Crippen molar-refractivity contribution in [2.75, 3.05) is 0 Å². The molecule has 0 bridgehead atoms. The van der Waals surface area contributed by atoms with Crippen molar-refractivity contribution in [3.8, 4) is 62.5 Å². The molecule has 5 heteroatoms. The molecule has 2 heterocycles. The smallest absolute Gasteiger partial charge is 0.164 e. The van der Waals surface area contributed by atoms with Crippen LogP contribution in [0.25, 0.3) is 78.4 Å². The first-order chi connectivity index (χ1) is 22.2. The van der Waals surface area contributed by atoms with Crippen molar-refractivity contribution in [2.45, 2.75) is 0 Å². The van der Waals surface area contributed by atoms with Gasteiger partial charge in [-0.05, 0) is 52.6 Å². The Bertz CT molecular complexity index is 2350. The molecule has 0 spiro atoms. The summed E-state index contributed by atoms with van der Waals surface area (Å²) in [4.78, 5) is 15.0. The van der Waals surface area contributed by atoms with E-state index in [0.717, 1.165) is 60.9 Å². The van der Waals surface area contributed by atoms with E-state index in [4.69, 9.17) is 19.4 Å². The summed E-state index contributed by atoms with van der Waals surface area (Å²) in [7, 11) is 0. The van der Waals surface area contributed by atoms with Crippen LogP contribution >= 0.6 is 0 Å². The topological polar surface area (TPSA) is 75.6 Å². The van der Waals surface area contributed by atoms with Crippen molar-refractivity contribution in [1.29, 1.82) is 5.26 Å². The van der Waals surface area contributed by atoms with Crippen molar-refractivity contribution in [2.24, 2.45) is 0 Å². The van der Waals surface area contributed by atoms with E-state index in [1.165, 1.54) is 0 Å². The Balaban J connectivity index is 1.30. The highest BCUT2D eigenvalue weighted by Gasteiger charge is 2.18. The van der Waals surface area contributed by atoms with Crippen molar-refractivity contribution in [1.82, 2.24) is 15.0 Å². The van der Waals surface area contributed by atoms with Gasteiger partial charge in [0.15, 0.2) is 17.5 Å². The lowest BCUT2D eigenvalue weighted by Crippen LogP contribution is -2.00. The fourth-order valence-electron chi connectivity index (χ4n) is 5.71. The average molecular weight is 577 g/mol. The molecule has 0 aliphatic rings. The molecule has 0 saturated heterocycles. The van der Waals surface area contributed by atoms with Gasteiger partial charge in [0.05, 0.1) is 11.6 Å². The molecule has 8 rings (SSSR count). The van der Waals surface area contributed by atoms with Crippen molar-refractivity contribution in [3.05, 3.63) is 151 Å². The third-order valence-corrected chi connectivity index (χ3v) is 8.00. The lowest BCUT2D eigenvalue weighted by molar-refractivity contribution is 0.669. The summed E-state index contributed by atoms with van der Waals surface area (Å²) in [5.74, 6) is 1.77. The number of benzene rings is 6. The van der Waals surface area contributed by atoms with Crippen LogP contribution in [-0.2, 0) is 0 Å². The summed E-state index contributed by atoms with van der Waals surface area (Å²) in [5, 5.41) is 11.1. The van der Waals surface area contributed by atoms with Gasteiger partial charge in [0.2, 0.25) is 0 Å². The summed E-state index contributed by atoms with van der Waals surface area (Å²) in [6.45, 7) is 0. The molecule has 6 aromatic carbocycles. The van der Waals surface area contributed by atoms with E-state index >= 15 is 0 Å². The number of furan rings is 1. The Morgan fingerprint density at radius 1 is 0.444 bits per heavy atom.